The van der Waals surface area contributed by atoms with Crippen molar-refractivity contribution in [2.45, 2.75) is 0 Å². The van der Waals surface area contributed by atoms with E-state index in [9.17, 15) is 4.79 Å². The fraction of sp³-hybridized carbons (Fsp3) is 0.143. The van der Waals surface area contributed by atoms with Gasteiger partial charge in [-0.25, -0.2) is 4.52 Å². The molecule has 6 heteroatoms. The largest absolute Gasteiger partial charge is 0.283 e. The lowest BCUT2D eigenvalue weighted by molar-refractivity contribution is 0.765. The normalized spacial score (nSPS) is 11.0. The highest BCUT2D eigenvalue weighted by Gasteiger charge is 2.08. The second kappa shape index (κ2) is 2.85. The lowest BCUT2D eigenvalue weighted by Crippen LogP contribution is -2.21. The van der Waals surface area contributed by atoms with Crippen LogP contribution in [-0.2, 0) is 7.05 Å². The summed E-state index contributed by atoms with van der Waals surface area (Å²) in [4.78, 5) is 11.6. The van der Waals surface area contributed by atoms with E-state index in [0.29, 0.717) is 5.52 Å². The summed E-state index contributed by atoms with van der Waals surface area (Å²) in [6.45, 7) is 0. The summed E-state index contributed by atoms with van der Waals surface area (Å²) < 4.78 is 3.47. The van der Waals surface area contributed by atoms with Gasteiger partial charge in [0, 0.05) is 13.2 Å². The molecule has 0 bridgehead atoms. The van der Waals surface area contributed by atoms with Gasteiger partial charge in [0.25, 0.3) is 5.56 Å². The van der Waals surface area contributed by atoms with Gasteiger partial charge < -0.3 is 0 Å². The van der Waals surface area contributed by atoms with Gasteiger partial charge >= 0.3 is 0 Å². The lowest BCUT2D eigenvalue weighted by Gasteiger charge is -2.01. The Balaban J connectivity index is 3.06. The molecule has 4 nitrogen and oxygen atoms in total. The van der Waals surface area contributed by atoms with Crippen LogP contribution in [0.4, 0.5) is 0 Å². The van der Waals surface area contributed by atoms with E-state index in [1.165, 1.54) is 9.08 Å². The van der Waals surface area contributed by atoms with Gasteiger partial charge in [-0.1, -0.05) is 0 Å². The van der Waals surface area contributed by atoms with Gasteiger partial charge in [0.2, 0.25) is 5.28 Å². The van der Waals surface area contributed by atoms with Crippen molar-refractivity contribution in [2.75, 3.05) is 0 Å². The lowest BCUT2D eigenvalue weighted by atomic mass is 10.5. The number of rotatable bonds is 0. The van der Waals surface area contributed by atoms with Crippen molar-refractivity contribution in [1.29, 1.82) is 0 Å². The van der Waals surface area contributed by atoms with E-state index < -0.39 is 0 Å². The van der Waals surface area contributed by atoms with Gasteiger partial charge in [-0.15, -0.1) is 5.10 Å². The van der Waals surface area contributed by atoms with Crippen LogP contribution in [0.25, 0.3) is 5.52 Å². The summed E-state index contributed by atoms with van der Waals surface area (Å²) in [5.74, 6) is 0. The minimum atomic E-state index is -0.170. The van der Waals surface area contributed by atoms with Crippen LogP contribution in [0.1, 0.15) is 0 Å². The van der Waals surface area contributed by atoms with Crippen molar-refractivity contribution in [1.82, 2.24) is 14.2 Å². The van der Waals surface area contributed by atoms with Gasteiger partial charge in [-0.2, -0.15) is 0 Å². The molecule has 13 heavy (non-hydrogen) atoms. The standard InChI is InChI=1S/C7H5BrClN3O/c1-11-6(13)5-4(8)2-3-12(5)10-7(11)9/h2-3H,1H3. The van der Waals surface area contributed by atoms with Crippen molar-refractivity contribution in [3.8, 4) is 0 Å². The van der Waals surface area contributed by atoms with Gasteiger partial charge in [-0.3, -0.25) is 9.36 Å². The average Bonchev–Trinajstić information content (AvgIpc) is 2.43. The molecule has 0 N–H and O–H groups in total. The molecule has 2 heterocycles. The Kier molecular flexibility index (Phi) is 1.92. The molecule has 0 fully saturated rings. The Labute approximate surface area is 86.9 Å². The maximum absolute atomic E-state index is 11.6. The Bertz CT molecular complexity index is 530. The zero-order chi connectivity index (χ0) is 9.59. The van der Waals surface area contributed by atoms with E-state index >= 15 is 0 Å². The summed E-state index contributed by atoms with van der Waals surface area (Å²) in [6.07, 6.45) is 1.67. The van der Waals surface area contributed by atoms with Gasteiger partial charge in [0.1, 0.15) is 5.52 Å². The van der Waals surface area contributed by atoms with E-state index in [0.717, 1.165) is 4.47 Å². The topological polar surface area (TPSA) is 39.3 Å². The average molecular weight is 262 g/mol. The van der Waals surface area contributed by atoms with E-state index in [1.54, 1.807) is 19.3 Å². The fourth-order valence-corrected chi connectivity index (χ4v) is 1.71. The molecule has 0 unspecified atom stereocenters. The zero-order valence-electron chi connectivity index (χ0n) is 6.66. The summed E-state index contributed by atoms with van der Waals surface area (Å²) in [7, 11) is 1.58. The van der Waals surface area contributed by atoms with E-state index in [-0.39, 0.29) is 10.8 Å². The number of hydrogen-bond donors (Lipinski definition) is 0. The van der Waals surface area contributed by atoms with Gasteiger partial charge in [-0.05, 0) is 33.6 Å². The van der Waals surface area contributed by atoms with Crippen LogP contribution in [0.15, 0.2) is 21.5 Å². The van der Waals surface area contributed by atoms with Crippen molar-refractivity contribution in [3.05, 3.63) is 32.4 Å². The van der Waals surface area contributed by atoms with Crippen molar-refractivity contribution in [2.24, 2.45) is 7.05 Å². The van der Waals surface area contributed by atoms with Crippen LogP contribution in [0.3, 0.4) is 0 Å². The maximum atomic E-state index is 11.6. The summed E-state index contributed by atoms with van der Waals surface area (Å²) >= 11 is 8.98. The number of halogens is 2. The third-order valence-electron chi connectivity index (χ3n) is 1.79. The van der Waals surface area contributed by atoms with Crippen LogP contribution >= 0.6 is 27.5 Å². The molecular weight excluding hydrogens is 257 g/mol. The van der Waals surface area contributed by atoms with Crippen LogP contribution < -0.4 is 5.56 Å². The Morgan fingerprint density at radius 1 is 1.62 bits per heavy atom. The number of aromatic nitrogens is 3. The highest BCUT2D eigenvalue weighted by molar-refractivity contribution is 9.10. The molecule has 0 aromatic carbocycles. The molecule has 2 aromatic rings. The van der Waals surface area contributed by atoms with Gasteiger partial charge in [0.05, 0.1) is 4.47 Å². The van der Waals surface area contributed by atoms with Crippen LogP contribution in [0.5, 0.6) is 0 Å². The van der Waals surface area contributed by atoms with Crippen LogP contribution in [0, 0.1) is 0 Å². The molecule has 0 saturated carbocycles. The minimum Gasteiger partial charge on any atom is -0.283 e. The molecule has 0 aliphatic heterocycles. The molecule has 0 spiro atoms. The molecule has 2 aromatic heterocycles. The summed E-state index contributed by atoms with van der Waals surface area (Å²) in [5.41, 5.74) is 0.323. The zero-order valence-corrected chi connectivity index (χ0v) is 9.00. The molecule has 0 atom stereocenters. The SMILES string of the molecule is Cn1c(Cl)nn2ccc(Br)c2c1=O. The molecule has 0 amide bonds. The molecule has 0 aliphatic rings. The monoisotopic (exact) mass is 261 g/mol. The van der Waals surface area contributed by atoms with Crippen molar-refractivity contribution in [3.63, 3.8) is 0 Å². The molecular formula is C7H5BrClN3O. The minimum absolute atomic E-state index is 0.167. The molecule has 0 radical (unpaired) electrons. The molecule has 68 valence electrons. The highest BCUT2D eigenvalue weighted by atomic mass is 79.9. The van der Waals surface area contributed by atoms with Crippen LogP contribution in [0.2, 0.25) is 5.28 Å². The summed E-state index contributed by atoms with van der Waals surface area (Å²) in [5, 5.41) is 4.14. The van der Waals surface area contributed by atoms with Gasteiger partial charge in [0.15, 0.2) is 0 Å². The summed E-state index contributed by atoms with van der Waals surface area (Å²) in [6, 6.07) is 1.75. The number of hydrogen-bond acceptors (Lipinski definition) is 2. The third kappa shape index (κ3) is 1.19. The van der Waals surface area contributed by atoms with Crippen LogP contribution in [-0.4, -0.2) is 14.2 Å². The number of fused-ring (bicyclic) bond motifs is 1. The predicted molar refractivity (Wildman–Crippen MR) is 53.1 cm³/mol. The third-order valence-corrected chi connectivity index (χ3v) is 2.76. The van der Waals surface area contributed by atoms with E-state index in [4.69, 9.17) is 11.6 Å². The maximum Gasteiger partial charge on any atom is 0.279 e. The first kappa shape index (κ1) is 8.77. The quantitative estimate of drug-likeness (QED) is 0.721. The Morgan fingerprint density at radius 3 is 3.00 bits per heavy atom. The Hall–Kier alpha value is -0.810. The fourth-order valence-electron chi connectivity index (χ4n) is 1.08. The highest BCUT2D eigenvalue weighted by Crippen LogP contribution is 2.15. The molecule has 0 saturated heterocycles. The molecule has 2 rings (SSSR count). The van der Waals surface area contributed by atoms with Crippen molar-refractivity contribution >= 4 is 33.0 Å². The first-order valence-electron chi connectivity index (χ1n) is 3.50. The second-order valence-corrected chi connectivity index (χ2v) is 3.78. The molecule has 0 aliphatic carbocycles. The van der Waals surface area contributed by atoms with Crippen molar-refractivity contribution < 1.29 is 0 Å². The van der Waals surface area contributed by atoms with E-state index in [2.05, 4.69) is 21.0 Å². The Morgan fingerprint density at radius 2 is 2.31 bits per heavy atom. The smallest absolute Gasteiger partial charge is 0.279 e. The predicted octanol–water partition coefficient (Wildman–Crippen LogP) is 1.45. The van der Waals surface area contributed by atoms with E-state index in [1.807, 2.05) is 0 Å². The first-order valence-corrected chi connectivity index (χ1v) is 4.67. The first-order chi connectivity index (χ1) is 6.11. The second-order valence-electron chi connectivity index (χ2n) is 2.59. The number of nitrogens with zero attached hydrogens (tertiary/aromatic N) is 3.